The van der Waals surface area contributed by atoms with Crippen LogP contribution in [-0.2, 0) is 12.7 Å². The molecule has 1 saturated carbocycles. The van der Waals surface area contributed by atoms with Crippen LogP contribution < -0.4 is 10.5 Å². The van der Waals surface area contributed by atoms with E-state index in [9.17, 15) is 13.2 Å². The normalized spacial score (nSPS) is 14.8. The van der Waals surface area contributed by atoms with Gasteiger partial charge < -0.3 is 10.5 Å². The standard InChI is InChI=1S/C15H13F3N6O/c16-15(17,18)9-3-4-20-10(5-9)25-14-11-12(19)21-7-22-13(11)24(23-14)6-8-1-2-8/h3-5,7-8H,1-2,6H2,(H2,19,21,22). The fourth-order valence-electron chi connectivity index (χ4n) is 2.48. The van der Waals surface area contributed by atoms with Gasteiger partial charge >= 0.3 is 6.18 Å². The van der Waals surface area contributed by atoms with Crippen LogP contribution >= 0.6 is 0 Å². The summed E-state index contributed by atoms with van der Waals surface area (Å²) in [6.07, 6.45) is 0.0631. The molecule has 130 valence electrons. The van der Waals surface area contributed by atoms with Gasteiger partial charge in [-0.25, -0.2) is 19.6 Å². The topological polar surface area (TPSA) is 91.7 Å². The molecule has 2 N–H and O–H groups in total. The van der Waals surface area contributed by atoms with Gasteiger partial charge in [-0.05, 0) is 24.8 Å². The summed E-state index contributed by atoms with van der Waals surface area (Å²) >= 11 is 0. The summed E-state index contributed by atoms with van der Waals surface area (Å²) in [6.45, 7) is 0.645. The number of pyridine rings is 1. The third-order valence-corrected chi connectivity index (χ3v) is 3.92. The van der Waals surface area contributed by atoms with Crippen LogP contribution in [0.2, 0.25) is 0 Å². The predicted octanol–water partition coefficient (Wildman–Crippen LogP) is 3.02. The average molecular weight is 350 g/mol. The van der Waals surface area contributed by atoms with Crippen LogP contribution in [0.25, 0.3) is 11.0 Å². The third-order valence-electron chi connectivity index (χ3n) is 3.92. The molecule has 0 unspecified atom stereocenters. The highest BCUT2D eigenvalue weighted by atomic mass is 19.4. The molecule has 3 aromatic heterocycles. The molecule has 3 heterocycles. The molecule has 0 bridgehead atoms. The van der Waals surface area contributed by atoms with Gasteiger partial charge in [0.15, 0.2) is 5.65 Å². The van der Waals surface area contributed by atoms with Crippen LogP contribution in [0.1, 0.15) is 18.4 Å². The minimum absolute atomic E-state index is 0.0422. The number of nitrogens with two attached hydrogens (primary N) is 1. The second-order valence-electron chi connectivity index (χ2n) is 5.87. The first-order valence-corrected chi connectivity index (χ1v) is 7.60. The maximum Gasteiger partial charge on any atom is 0.416 e. The fraction of sp³-hybridized carbons (Fsp3) is 0.333. The Kier molecular flexibility index (Phi) is 3.48. The highest BCUT2D eigenvalue weighted by molar-refractivity contribution is 5.90. The van der Waals surface area contributed by atoms with Crippen molar-refractivity contribution >= 4 is 16.9 Å². The summed E-state index contributed by atoms with van der Waals surface area (Å²) in [5.74, 6) is 0.476. The van der Waals surface area contributed by atoms with Gasteiger partial charge in [-0.1, -0.05) is 0 Å². The van der Waals surface area contributed by atoms with Crippen LogP contribution in [-0.4, -0.2) is 24.7 Å². The van der Waals surface area contributed by atoms with E-state index in [1.165, 1.54) is 6.33 Å². The highest BCUT2D eigenvalue weighted by Gasteiger charge is 2.31. The first-order chi connectivity index (χ1) is 11.9. The van der Waals surface area contributed by atoms with Crippen molar-refractivity contribution in [3.8, 4) is 11.8 Å². The summed E-state index contributed by atoms with van der Waals surface area (Å²) in [6, 6.07) is 1.68. The van der Waals surface area contributed by atoms with Crippen LogP contribution in [0, 0.1) is 5.92 Å². The second-order valence-corrected chi connectivity index (χ2v) is 5.87. The van der Waals surface area contributed by atoms with Gasteiger partial charge in [0.25, 0.3) is 5.88 Å². The van der Waals surface area contributed by atoms with E-state index in [1.54, 1.807) is 4.68 Å². The van der Waals surface area contributed by atoms with Crippen molar-refractivity contribution in [3.05, 3.63) is 30.2 Å². The maximum absolute atomic E-state index is 12.8. The lowest BCUT2D eigenvalue weighted by Gasteiger charge is -2.08. The van der Waals surface area contributed by atoms with Crippen molar-refractivity contribution in [3.63, 3.8) is 0 Å². The van der Waals surface area contributed by atoms with Crippen molar-refractivity contribution in [1.82, 2.24) is 24.7 Å². The highest BCUT2D eigenvalue weighted by Crippen LogP contribution is 2.36. The molecule has 1 fully saturated rings. The van der Waals surface area contributed by atoms with Crippen molar-refractivity contribution < 1.29 is 17.9 Å². The van der Waals surface area contributed by atoms with E-state index < -0.39 is 11.7 Å². The molecule has 1 aliphatic rings. The zero-order valence-corrected chi connectivity index (χ0v) is 12.9. The largest absolute Gasteiger partial charge is 0.418 e. The fourth-order valence-corrected chi connectivity index (χ4v) is 2.48. The number of nitrogens with zero attached hydrogens (tertiary/aromatic N) is 5. The van der Waals surface area contributed by atoms with Gasteiger partial charge in [0.1, 0.15) is 17.5 Å². The number of ether oxygens (including phenoxy) is 1. The summed E-state index contributed by atoms with van der Waals surface area (Å²) < 4.78 is 45.6. The minimum atomic E-state index is -4.49. The van der Waals surface area contributed by atoms with Gasteiger partial charge in [-0.3, -0.25) is 0 Å². The van der Waals surface area contributed by atoms with Crippen molar-refractivity contribution in [2.75, 3.05) is 5.73 Å². The van der Waals surface area contributed by atoms with Crippen molar-refractivity contribution in [2.24, 2.45) is 5.92 Å². The summed E-state index contributed by atoms with van der Waals surface area (Å²) in [5.41, 5.74) is 5.51. The molecule has 0 spiro atoms. The van der Waals surface area contributed by atoms with Crippen LogP contribution in [0.4, 0.5) is 19.0 Å². The van der Waals surface area contributed by atoms with Gasteiger partial charge in [-0.2, -0.15) is 13.2 Å². The molecule has 0 saturated heterocycles. The number of halogens is 3. The maximum atomic E-state index is 12.8. The smallest absolute Gasteiger partial charge is 0.416 e. The molecule has 0 aliphatic heterocycles. The third kappa shape index (κ3) is 3.06. The molecule has 25 heavy (non-hydrogen) atoms. The predicted molar refractivity (Wildman–Crippen MR) is 81.8 cm³/mol. The Labute approximate surface area is 139 Å². The zero-order valence-electron chi connectivity index (χ0n) is 12.9. The zero-order chi connectivity index (χ0) is 17.6. The molecular weight excluding hydrogens is 337 g/mol. The Balaban J connectivity index is 1.74. The quantitative estimate of drug-likeness (QED) is 0.778. The molecule has 7 nitrogen and oxygen atoms in total. The van der Waals surface area contributed by atoms with E-state index in [4.69, 9.17) is 10.5 Å². The Morgan fingerprint density at radius 2 is 2.04 bits per heavy atom. The van der Waals surface area contributed by atoms with Crippen LogP contribution in [0.5, 0.6) is 11.8 Å². The summed E-state index contributed by atoms with van der Waals surface area (Å²) in [7, 11) is 0. The van der Waals surface area contributed by atoms with E-state index in [2.05, 4.69) is 20.1 Å². The molecular formula is C15H13F3N6O. The number of nitrogen functional groups attached to an aromatic ring is 1. The van der Waals surface area contributed by atoms with E-state index in [0.717, 1.165) is 31.2 Å². The number of hydrogen-bond acceptors (Lipinski definition) is 6. The number of anilines is 1. The average Bonchev–Trinajstić information content (AvgIpc) is 3.30. The van der Waals surface area contributed by atoms with E-state index in [-0.39, 0.29) is 17.6 Å². The lowest BCUT2D eigenvalue weighted by atomic mass is 10.2. The lowest BCUT2D eigenvalue weighted by Crippen LogP contribution is -2.05. The Bertz CT molecular complexity index is 935. The first-order valence-electron chi connectivity index (χ1n) is 7.60. The van der Waals surface area contributed by atoms with Gasteiger partial charge in [0.05, 0.1) is 5.56 Å². The van der Waals surface area contributed by atoms with Crippen molar-refractivity contribution in [1.29, 1.82) is 0 Å². The SMILES string of the molecule is Nc1ncnc2c1c(Oc1cc(C(F)(F)F)ccn1)nn2CC1CC1. The second kappa shape index (κ2) is 5.57. The number of alkyl halides is 3. The van der Waals surface area contributed by atoms with Gasteiger partial charge in [-0.15, -0.1) is 5.10 Å². The molecule has 3 aromatic rings. The molecule has 0 aromatic carbocycles. The first kappa shape index (κ1) is 15.6. The summed E-state index contributed by atoms with van der Waals surface area (Å²) in [4.78, 5) is 11.9. The minimum Gasteiger partial charge on any atom is -0.418 e. The monoisotopic (exact) mass is 350 g/mol. The Hall–Kier alpha value is -2.91. The van der Waals surface area contributed by atoms with Gasteiger partial charge in [0.2, 0.25) is 5.88 Å². The van der Waals surface area contributed by atoms with Crippen LogP contribution in [0.3, 0.4) is 0 Å². The molecule has 10 heteroatoms. The van der Waals surface area contributed by atoms with Crippen LogP contribution in [0.15, 0.2) is 24.7 Å². The molecule has 4 rings (SSSR count). The summed E-state index contributed by atoms with van der Waals surface area (Å²) in [5, 5.41) is 4.67. The Morgan fingerprint density at radius 1 is 1.24 bits per heavy atom. The Morgan fingerprint density at radius 3 is 2.76 bits per heavy atom. The molecule has 0 atom stereocenters. The van der Waals surface area contributed by atoms with E-state index in [1.807, 2.05) is 0 Å². The van der Waals surface area contributed by atoms with E-state index in [0.29, 0.717) is 23.5 Å². The molecule has 0 amide bonds. The number of hydrogen-bond donors (Lipinski definition) is 1. The lowest BCUT2D eigenvalue weighted by molar-refractivity contribution is -0.137. The molecule has 0 radical (unpaired) electrons. The van der Waals surface area contributed by atoms with Crippen molar-refractivity contribution in [2.45, 2.75) is 25.6 Å². The number of rotatable bonds is 4. The molecule has 1 aliphatic carbocycles. The van der Waals surface area contributed by atoms with E-state index >= 15 is 0 Å². The number of aromatic nitrogens is 5. The number of fused-ring (bicyclic) bond motifs is 1. The van der Waals surface area contributed by atoms with Gasteiger partial charge in [0, 0.05) is 18.8 Å².